The maximum absolute atomic E-state index is 12.4. The third-order valence-corrected chi connectivity index (χ3v) is 3.62. The maximum Gasteiger partial charge on any atom is 0.335 e. The number of morpholine rings is 1. The molecule has 6 nitrogen and oxygen atoms in total. The van der Waals surface area contributed by atoms with Crippen molar-refractivity contribution in [3.05, 3.63) is 35.4 Å². The number of amides is 1. The summed E-state index contributed by atoms with van der Waals surface area (Å²) in [6, 6.07) is 6.41. The molecule has 0 saturated carbocycles. The Morgan fingerprint density at radius 1 is 1.38 bits per heavy atom. The number of aliphatic hydroxyl groups excluding tert-OH is 1. The fraction of sp³-hybridized carbons (Fsp3) is 0.467. The van der Waals surface area contributed by atoms with Gasteiger partial charge in [0.15, 0.2) is 0 Å². The molecule has 1 aromatic carbocycles. The molecular weight excluding hydrogens is 274 g/mol. The zero-order chi connectivity index (χ0) is 15.4. The lowest BCUT2D eigenvalue weighted by Crippen LogP contribution is -2.52. The number of aromatic carboxylic acids is 1. The summed E-state index contributed by atoms with van der Waals surface area (Å²) in [6.45, 7) is 2.43. The standard InChI is InChI=1S/C15H19NO5/c1-10-9-21-12(8-17)7-16(10)14(18)6-11-4-2-3-5-13(11)15(19)20/h2-5,10,12,17H,6-9H2,1H3,(H,19,20). The molecule has 1 saturated heterocycles. The number of rotatable bonds is 4. The van der Waals surface area contributed by atoms with E-state index in [0.29, 0.717) is 18.7 Å². The van der Waals surface area contributed by atoms with Gasteiger partial charge in [-0.2, -0.15) is 0 Å². The van der Waals surface area contributed by atoms with E-state index >= 15 is 0 Å². The van der Waals surface area contributed by atoms with Crippen molar-refractivity contribution in [2.75, 3.05) is 19.8 Å². The van der Waals surface area contributed by atoms with E-state index in [1.807, 2.05) is 6.92 Å². The predicted octanol–water partition coefficient (Wildman–Crippen LogP) is 0.535. The van der Waals surface area contributed by atoms with Crippen LogP contribution in [0.1, 0.15) is 22.8 Å². The average molecular weight is 293 g/mol. The second-order valence-electron chi connectivity index (χ2n) is 5.17. The molecule has 0 spiro atoms. The molecule has 0 bridgehead atoms. The number of aliphatic hydroxyl groups is 1. The largest absolute Gasteiger partial charge is 0.478 e. The number of carboxylic acid groups (broad SMARTS) is 1. The molecular formula is C15H19NO5. The van der Waals surface area contributed by atoms with Gasteiger partial charge in [0, 0.05) is 6.54 Å². The van der Waals surface area contributed by atoms with Crippen molar-refractivity contribution in [3.63, 3.8) is 0 Å². The molecule has 2 rings (SSSR count). The van der Waals surface area contributed by atoms with Crippen molar-refractivity contribution < 1.29 is 24.5 Å². The van der Waals surface area contributed by atoms with E-state index in [9.17, 15) is 9.59 Å². The first-order valence-electron chi connectivity index (χ1n) is 6.86. The van der Waals surface area contributed by atoms with Crippen LogP contribution in [-0.4, -0.2) is 58.9 Å². The van der Waals surface area contributed by atoms with Crippen LogP contribution >= 0.6 is 0 Å². The monoisotopic (exact) mass is 293 g/mol. The van der Waals surface area contributed by atoms with Gasteiger partial charge in [0.25, 0.3) is 0 Å². The summed E-state index contributed by atoms with van der Waals surface area (Å²) in [4.78, 5) is 25.2. The SMILES string of the molecule is CC1COC(CO)CN1C(=O)Cc1ccccc1C(=O)O. The smallest absolute Gasteiger partial charge is 0.335 e. The minimum atomic E-state index is -1.04. The molecule has 1 fully saturated rings. The number of carboxylic acids is 1. The van der Waals surface area contributed by atoms with Gasteiger partial charge in [-0.25, -0.2) is 4.79 Å². The quantitative estimate of drug-likeness (QED) is 0.846. The van der Waals surface area contributed by atoms with E-state index in [1.165, 1.54) is 6.07 Å². The zero-order valence-electron chi connectivity index (χ0n) is 11.9. The van der Waals surface area contributed by atoms with Crippen LogP contribution in [0.2, 0.25) is 0 Å². The molecule has 1 aliphatic rings. The third kappa shape index (κ3) is 3.59. The van der Waals surface area contributed by atoms with Gasteiger partial charge in [-0.3, -0.25) is 4.79 Å². The molecule has 6 heteroatoms. The highest BCUT2D eigenvalue weighted by Gasteiger charge is 2.29. The predicted molar refractivity (Wildman–Crippen MR) is 75.1 cm³/mol. The molecule has 1 aromatic rings. The van der Waals surface area contributed by atoms with Gasteiger partial charge in [0.2, 0.25) is 5.91 Å². The molecule has 1 heterocycles. The van der Waals surface area contributed by atoms with E-state index in [1.54, 1.807) is 23.1 Å². The van der Waals surface area contributed by atoms with Crippen molar-refractivity contribution in [2.24, 2.45) is 0 Å². The number of ether oxygens (including phenoxy) is 1. The summed E-state index contributed by atoms with van der Waals surface area (Å²) in [5.74, 6) is -1.19. The molecule has 0 aliphatic carbocycles. The van der Waals surface area contributed by atoms with Gasteiger partial charge < -0.3 is 19.8 Å². The molecule has 2 N–H and O–H groups in total. The van der Waals surface area contributed by atoms with Gasteiger partial charge in [-0.05, 0) is 18.6 Å². The molecule has 2 atom stereocenters. The summed E-state index contributed by atoms with van der Waals surface area (Å²) in [7, 11) is 0. The number of nitrogens with zero attached hydrogens (tertiary/aromatic N) is 1. The first-order chi connectivity index (χ1) is 10.0. The van der Waals surface area contributed by atoms with Crippen molar-refractivity contribution >= 4 is 11.9 Å². The molecule has 1 amide bonds. The molecule has 2 unspecified atom stereocenters. The van der Waals surface area contributed by atoms with Crippen LogP contribution < -0.4 is 0 Å². The van der Waals surface area contributed by atoms with Crippen molar-refractivity contribution in [1.82, 2.24) is 4.90 Å². The Hall–Kier alpha value is -1.92. The highest BCUT2D eigenvalue weighted by Crippen LogP contribution is 2.16. The highest BCUT2D eigenvalue weighted by molar-refractivity contribution is 5.91. The van der Waals surface area contributed by atoms with Crippen LogP contribution in [0.25, 0.3) is 0 Å². The summed E-state index contributed by atoms with van der Waals surface area (Å²) < 4.78 is 5.39. The number of hydrogen-bond donors (Lipinski definition) is 2. The summed E-state index contributed by atoms with van der Waals surface area (Å²) in [5.41, 5.74) is 0.639. The van der Waals surface area contributed by atoms with Gasteiger partial charge >= 0.3 is 5.97 Å². The topological polar surface area (TPSA) is 87.1 Å². The van der Waals surface area contributed by atoms with E-state index in [4.69, 9.17) is 14.9 Å². The van der Waals surface area contributed by atoms with Gasteiger partial charge in [-0.15, -0.1) is 0 Å². The van der Waals surface area contributed by atoms with Crippen LogP contribution in [-0.2, 0) is 16.0 Å². The average Bonchev–Trinajstić information content (AvgIpc) is 2.48. The molecule has 114 valence electrons. The summed E-state index contributed by atoms with van der Waals surface area (Å²) >= 11 is 0. The van der Waals surface area contributed by atoms with E-state index in [2.05, 4.69) is 0 Å². The van der Waals surface area contributed by atoms with Crippen molar-refractivity contribution in [2.45, 2.75) is 25.5 Å². The maximum atomic E-state index is 12.4. The molecule has 0 radical (unpaired) electrons. The zero-order valence-corrected chi connectivity index (χ0v) is 11.9. The Kier molecular flexibility index (Phi) is 4.93. The van der Waals surface area contributed by atoms with Gasteiger partial charge in [0.1, 0.15) is 0 Å². The summed E-state index contributed by atoms with van der Waals surface area (Å²) in [6.07, 6.45) is -0.342. The van der Waals surface area contributed by atoms with Gasteiger partial charge in [-0.1, -0.05) is 18.2 Å². The third-order valence-electron chi connectivity index (χ3n) is 3.62. The highest BCUT2D eigenvalue weighted by atomic mass is 16.5. The molecule has 21 heavy (non-hydrogen) atoms. The Morgan fingerprint density at radius 2 is 2.10 bits per heavy atom. The fourth-order valence-electron chi connectivity index (χ4n) is 2.42. The van der Waals surface area contributed by atoms with E-state index < -0.39 is 5.97 Å². The number of hydrogen-bond acceptors (Lipinski definition) is 4. The first kappa shape index (κ1) is 15.5. The Labute approximate surface area is 122 Å². The lowest BCUT2D eigenvalue weighted by atomic mass is 10.0. The normalized spacial score (nSPS) is 22.1. The van der Waals surface area contributed by atoms with Crippen LogP contribution in [0.3, 0.4) is 0 Å². The minimum absolute atomic E-state index is 0.0327. The van der Waals surface area contributed by atoms with E-state index in [-0.39, 0.29) is 36.6 Å². The van der Waals surface area contributed by atoms with Crippen LogP contribution in [0, 0.1) is 0 Å². The molecule has 0 aromatic heterocycles. The fourth-order valence-corrected chi connectivity index (χ4v) is 2.42. The van der Waals surface area contributed by atoms with Crippen LogP contribution in [0.5, 0.6) is 0 Å². The number of carbonyl (C=O) groups excluding carboxylic acids is 1. The second-order valence-corrected chi connectivity index (χ2v) is 5.17. The molecule has 1 aliphatic heterocycles. The first-order valence-corrected chi connectivity index (χ1v) is 6.86. The number of carbonyl (C=O) groups is 2. The Bertz CT molecular complexity index is 531. The van der Waals surface area contributed by atoms with Crippen LogP contribution in [0.4, 0.5) is 0 Å². The lowest BCUT2D eigenvalue weighted by Gasteiger charge is -2.37. The second kappa shape index (κ2) is 6.69. The Morgan fingerprint density at radius 3 is 2.76 bits per heavy atom. The Balaban J connectivity index is 2.12. The number of benzene rings is 1. The van der Waals surface area contributed by atoms with E-state index in [0.717, 1.165) is 0 Å². The van der Waals surface area contributed by atoms with Crippen molar-refractivity contribution in [3.8, 4) is 0 Å². The van der Waals surface area contributed by atoms with Crippen molar-refractivity contribution in [1.29, 1.82) is 0 Å². The van der Waals surface area contributed by atoms with Crippen LogP contribution in [0.15, 0.2) is 24.3 Å². The summed E-state index contributed by atoms with van der Waals surface area (Å²) in [5, 5.41) is 18.3. The minimum Gasteiger partial charge on any atom is -0.478 e. The lowest BCUT2D eigenvalue weighted by molar-refractivity contribution is -0.145. The van der Waals surface area contributed by atoms with Gasteiger partial charge in [0.05, 0.1) is 37.3 Å².